The number of aliphatic hydroxyl groups is 1. The van der Waals surface area contributed by atoms with E-state index in [1.165, 1.54) is 50.1 Å². The van der Waals surface area contributed by atoms with Crippen LogP contribution in [0.3, 0.4) is 0 Å². The summed E-state index contributed by atoms with van der Waals surface area (Å²) in [5.41, 5.74) is -1.81. The van der Waals surface area contributed by atoms with E-state index in [-0.39, 0.29) is 23.6 Å². The molecule has 0 aromatic heterocycles. The quantitative estimate of drug-likeness (QED) is 0.269. The molecule has 2 aromatic carbocycles. The van der Waals surface area contributed by atoms with Gasteiger partial charge in [-0.1, -0.05) is 30.3 Å². The van der Waals surface area contributed by atoms with Gasteiger partial charge >= 0.3 is 11.9 Å². The molecule has 10 nitrogen and oxygen atoms in total. The minimum atomic E-state index is -1.46. The predicted molar refractivity (Wildman–Crippen MR) is 127 cm³/mol. The summed E-state index contributed by atoms with van der Waals surface area (Å²) in [6.07, 6.45) is 0. The first kappa shape index (κ1) is 25.1. The molecule has 1 fully saturated rings. The Morgan fingerprint density at radius 3 is 2.28 bits per heavy atom. The average Bonchev–Trinajstić information content (AvgIpc) is 3.07. The van der Waals surface area contributed by atoms with Crippen LogP contribution in [0.5, 0.6) is 0 Å². The van der Waals surface area contributed by atoms with Gasteiger partial charge in [-0.05, 0) is 44.0 Å². The van der Waals surface area contributed by atoms with Crippen LogP contribution in [-0.4, -0.2) is 51.5 Å². The van der Waals surface area contributed by atoms with Gasteiger partial charge in [-0.3, -0.25) is 24.6 Å². The number of carbonyl (C=O) groups excluding carboxylic acids is 3. The molecule has 0 saturated carbocycles. The number of hydrogen-bond acceptors (Lipinski definition) is 8. The number of nitro groups is 1. The largest absolute Gasteiger partial charge is 0.468 e. The van der Waals surface area contributed by atoms with E-state index in [0.717, 1.165) is 0 Å². The Morgan fingerprint density at radius 2 is 1.75 bits per heavy atom. The normalized spacial score (nSPS) is 23.1. The van der Waals surface area contributed by atoms with Crippen molar-refractivity contribution >= 4 is 29.1 Å². The molecule has 36 heavy (non-hydrogen) atoms. The van der Waals surface area contributed by atoms with Crippen LogP contribution in [0.4, 0.5) is 5.69 Å². The van der Waals surface area contributed by atoms with Crippen LogP contribution >= 0.6 is 0 Å². The molecule has 1 amide bonds. The first-order valence-electron chi connectivity index (χ1n) is 11.3. The summed E-state index contributed by atoms with van der Waals surface area (Å²) < 4.78 is 10.6. The number of nitro benzene ring substituents is 1. The highest BCUT2D eigenvalue weighted by Gasteiger charge is 2.71. The number of amides is 1. The van der Waals surface area contributed by atoms with Crippen molar-refractivity contribution in [3.8, 4) is 0 Å². The van der Waals surface area contributed by atoms with Crippen molar-refractivity contribution < 1.29 is 33.9 Å². The summed E-state index contributed by atoms with van der Waals surface area (Å²) in [6, 6.07) is 13.4. The second kappa shape index (κ2) is 8.87. The van der Waals surface area contributed by atoms with E-state index in [1.54, 1.807) is 37.3 Å². The summed E-state index contributed by atoms with van der Waals surface area (Å²) >= 11 is 0. The van der Waals surface area contributed by atoms with Gasteiger partial charge < -0.3 is 14.6 Å². The van der Waals surface area contributed by atoms with Crippen LogP contribution in [0.2, 0.25) is 0 Å². The number of hydrogen-bond donors (Lipinski definition) is 1. The summed E-state index contributed by atoms with van der Waals surface area (Å²) in [7, 11) is 1.23. The molecular weight excluding hydrogens is 468 g/mol. The summed E-state index contributed by atoms with van der Waals surface area (Å²) in [4.78, 5) is 51.5. The lowest BCUT2D eigenvalue weighted by atomic mass is 9.63. The third-order valence-corrected chi connectivity index (χ3v) is 6.83. The van der Waals surface area contributed by atoms with Crippen LogP contribution in [0.25, 0.3) is 5.57 Å². The lowest BCUT2D eigenvalue weighted by Gasteiger charge is -2.52. The third kappa shape index (κ3) is 3.83. The summed E-state index contributed by atoms with van der Waals surface area (Å²) in [5.74, 6) is -2.96. The van der Waals surface area contributed by atoms with E-state index in [4.69, 9.17) is 9.47 Å². The van der Waals surface area contributed by atoms with Crippen molar-refractivity contribution in [1.82, 2.24) is 4.90 Å². The first-order chi connectivity index (χ1) is 16.9. The van der Waals surface area contributed by atoms with Crippen LogP contribution in [0.15, 0.2) is 60.3 Å². The van der Waals surface area contributed by atoms with E-state index in [9.17, 15) is 29.6 Å². The van der Waals surface area contributed by atoms with Gasteiger partial charge in [0.1, 0.15) is 17.7 Å². The van der Waals surface area contributed by atoms with Crippen LogP contribution in [0, 0.1) is 21.4 Å². The molecule has 1 saturated heterocycles. The molecule has 2 aromatic rings. The molecule has 2 unspecified atom stereocenters. The lowest BCUT2D eigenvalue weighted by molar-refractivity contribution is -0.384. The highest BCUT2D eigenvalue weighted by molar-refractivity contribution is 6.13. The Bertz CT molecular complexity index is 1260. The van der Waals surface area contributed by atoms with Gasteiger partial charge in [-0.15, -0.1) is 0 Å². The Hall–Kier alpha value is -4.05. The number of non-ortho nitro benzene ring substituents is 1. The number of methoxy groups -OCH3 is 1. The van der Waals surface area contributed by atoms with Gasteiger partial charge in [0.25, 0.3) is 5.69 Å². The van der Waals surface area contributed by atoms with Gasteiger partial charge in [0.05, 0.1) is 29.6 Å². The van der Waals surface area contributed by atoms with Gasteiger partial charge in [-0.25, -0.2) is 4.79 Å². The molecule has 1 N–H and O–H groups in total. The zero-order valence-corrected chi connectivity index (χ0v) is 20.3. The monoisotopic (exact) mass is 494 g/mol. The Labute approximate surface area is 207 Å². The molecule has 2 aliphatic heterocycles. The molecule has 3 atom stereocenters. The number of carbonyl (C=O) groups is 3. The molecule has 4 rings (SSSR count). The number of benzene rings is 2. The predicted octanol–water partition coefficient (Wildman–Crippen LogP) is 2.84. The van der Waals surface area contributed by atoms with Gasteiger partial charge in [-0.2, -0.15) is 0 Å². The number of rotatable bonds is 7. The Kier molecular flexibility index (Phi) is 6.17. The van der Waals surface area contributed by atoms with Crippen LogP contribution < -0.4 is 0 Å². The second-order valence-corrected chi connectivity index (χ2v) is 9.57. The fourth-order valence-corrected chi connectivity index (χ4v) is 5.14. The smallest absolute Gasteiger partial charge is 0.355 e. The second-order valence-electron chi connectivity index (χ2n) is 9.57. The molecule has 0 bridgehead atoms. The van der Waals surface area contributed by atoms with Crippen molar-refractivity contribution in [3.63, 3.8) is 0 Å². The van der Waals surface area contributed by atoms with Crippen molar-refractivity contribution in [3.05, 3.63) is 81.5 Å². The number of esters is 2. The topological polar surface area (TPSA) is 136 Å². The highest BCUT2D eigenvalue weighted by atomic mass is 16.6. The number of β-lactam (4-membered cyclic amide) rings is 1. The maximum atomic E-state index is 13.5. The fraction of sp³-hybridized carbons (Fsp3) is 0.346. The Balaban J connectivity index is 1.78. The zero-order chi connectivity index (χ0) is 26.4. The third-order valence-electron chi connectivity index (χ3n) is 6.83. The molecule has 0 aliphatic carbocycles. The minimum absolute atomic E-state index is 0.0912. The molecule has 2 heterocycles. The van der Waals surface area contributed by atoms with Crippen molar-refractivity contribution in [2.75, 3.05) is 7.11 Å². The maximum Gasteiger partial charge on any atom is 0.355 e. The van der Waals surface area contributed by atoms with Crippen molar-refractivity contribution in [2.24, 2.45) is 11.3 Å². The molecule has 0 radical (unpaired) electrons. The molecule has 2 aliphatic rings. The molecular formula is C26H26N2O8. The highest BCUT2D eigenvalue weighted by Crippen LogP contribution is 2.59. The summed E-state index contributed by atoms with van der Waals surface area (Å²) in [6.45, 7) is 4.36. The van der Waals surface area contributed by atoms with E-state index in [0.29, 0.717) is 11.1 Å². The van der Waals surface area contributed by atoms with Gasteiger partial charge in [0, 0.05) is 17.7 Å². The average molecular weight is 495 g/mol. The number of fused-ring (bicyclic) bond motifs is 1. The standard InChI is InChI=1S/C26H26N2O8/c1-25(2,32)19-21-26(3,24(31)35-4)18(16-8-6-5-7-9-16)20(27(21)22(19)29)23(30)36-14-15-10-12-17(13-11-15)28(33)34/h5-13,19,21,32H,14H2,1-4H3/t19?,21-,26?/m0/s1. The zero-order valence-electron chi connectivity index (χ0n) is 20.3. The van der Waals surface area contributed by atoms with E-state index in [1.807, 2.05) is 0 Å². The maximum absolute atomic E-state index is 13.5. The molecule has 0 spiro atoms. The van der Waals surface area contributed by atoms with Crippen molar-refractivity contribution in [1.29, 1.82) is 0 Å². The Morgan fingerprint density at radius 1 is 1.14 bits per heavy atom. The molecule has 188 valence electrons. The minimum Gasteiger partial charge on any atom is -0.468 e. The van der Waals surface area contributed by atoms with E-state index in [2.05, 4.69) is 0 Å². The van der Waals surface area contributed by atoms with Gasteiger partial charge in [0.15, 0.2) is 0 Å². The summed E-state index contributed by atoms with van der Waals surface area (Å²) in [5, 5.41) is 21.6. The fourth-order valence-electron chi connectivity index (χ4n) is 5.14. The molecule has 10 heteroatoms. The van der Waals surface area contributed by atoms with Crippen molar-refractivity contribution in [2.45, 2.75) is 39.0 Å². The number of nitrogens with zero attached hydrogens (tertiary/aromatic N) is 2. The van der Waals surface area contributed by atoms with Crippen LogP contribution in [-0.2, 0) is 30.5 Å². The van der Waals surface area contributed by atoms with E-state index >= 15 is 0 Å². The van der Waals surface area contributed by atoms with Crippen LogP contribution in [0.1, 0.15) is 31.9 Å². The van der Waals surface area contributed by atoms with Gasteiger partial charge in [0.2, 0.25) is 5.91 Å². The first-order valence-corrected chi connectivity index (χ1v) is 11.3. The lowest BCUT2D eigenvalue weighted by Crippen LogP contribution is -2.70. The SMILES string of the molecule is COC(=O)C1(C)C(c2ccccc2)=C(C(=O)OCc2ccc([N+](=O)[O-])cc2)N2C(=O)C(C(C)(C)O)[C@H]21. The van der Waals surface area contributed by atoms with E-state index < -0.39 is 45.7 Å². The number of ether oxygens (including phenoxy) is 2.